The molecule has 2 bridgehead atoms. The van der Waals surface area contributed by atoms with Gasteiger partial charge in [0.25, 0.3) is 0 Å². The second-order valence-electron chi connectivity index (χ2n) is 4.60. The van der Waals surface area contributed by atoms with E-state index in [-0.39, 0.29) is 5.54 Å². The molecule has 2 aliphatic rings. The molecule has 0 amide bonds. The number of hydrogen-bond donors (Lipinski definition) is 1. The molecule has 2 aliphatic heterocycles. The summed E-state index contributed by atoms with van der Waals surface area (Å²) in [5.41, 5.74) is 6.35. The van der Waals surface area contributed by atoms with E-state index in [1.807, 2.05) is 0 Å². The highest BCUT2D eigenvalue weighted by Gasteiger charge is 2.43. The maximum atomic E-state index is 6.09. The summed E-state index contributed by atoms with van der Waals surface area (Å²) in [5.74, 6) is 0.901. The van der Waals surface area contributed by atoms with Gasteiger partial charge in [0.1, 0.15) is 0 Å². The second-order valence-corrected chi connectivity index (χ2v) is 4.60. The zero-order chi connectivity index (χ0) is 8.06. The lowest BCUT2D eigenvalue weighted by atomic mass is 9.83. The molecular weight excluding hydrogens is 136 g/mol. The Morgan fingerprint density at radius 2 is 2.18 bits per heavy atom. The van der Waals surface area contributed by atoms with E-state index in [0.29, 0.717) is 6.04 Å². The fourth-order valence-corrected chi connectivity index (χ4v) is 2.43. The minimum atomic E-state index is 0.257. The molecule has 2 heterocycles. The Balaban J connectivity index is 2.20. The largest absolute Gasteiger partial charge is 0.326 e. The van der Waals surface area contributed by atoms with Gasteiger partial charge in [0.15, 0.2) is 0 Å². The number of rotatable bonds is 0. The van der Waals surface area contributed by atoms with Gasteiger partial charge in [-0.2, -0.15) is 0 Å². The molecule has 2 N–H and O–H groups in total. The van der Waals surface area contributed by atoms with E-state index in [9.17, 15) is 0 Å². The third-order valence-corrected chi connectivity index (χ3v) is 3.60. The van der Waals surface area contributed by atoms with Gasteiger partial charge in [-0.15, -0.1) is 0 Å². The molecule has 0 radical (unpaired) electrons. The Hall–Kier alpha value is -0.0800. The molecule has 0 saturated carbocycles. The van der Waals surface area contributed by atoms with Crippen molar-refractivity contribution in [3.05, 3.63) is 0 Å². The summed E-state index contributed by atoms with van der Waals surface area (Å²) >= 11 is 0. The summed E-state index contributed by atoms with van der Waals surface area (Å²) in [5, 5.41) is 0. The first kappa shape index (κ1) is 7.56. The average molecular weight is 154 g/mol. The van der Waals surface area contributed by atoms with E-state index >= 15 is 0 Å². The van der Waals surface area contributed by atoms with Crippen molar-refractivity contribution in [1.29, 1.82) is 0 Å². The van der Waals surface area contributed by atoms with Crippen LogP contribution in [0.1, 0.15) is 26.7 Å². The van der Waals surface area contributed by atoms with Crippen molar-refractivity contribution in [2.75, 3.05) is 13.1 Å². The van der Waals surface area contributed by atoms with E-state index in [1.165, 1.54) is 25.9 Å². The minimum Gasteiger partial charge on any atom is -0.326 e. The van der Waals surface area contributed by atoms with Crippen molar-refractivity contribution < 1.29 is 0 Å². The third kappa shape index (κ3) is 1.00. The lowest BCUT2D eigenvalue weighted by Gasteiger charge is -2.44. The first-order valence-electron chi connectivity index (χ1n) is 4.61. The van der Waals surface area contributed by atoms with E-state index in [0.717, 1.165) is 5.92 Å². The molecule has 0 aromatic carbocycles. The standard InChI is InChI=1S/C9H18N2/c1-9(2)8(10)5-7-3-4-11(9)6-7/h7-8H,3-6,10H2,1-2H3/t7?,8-/m1/s1. The Morgan fingerprint density at radius 1 is 1.45 bits per heavy atom. The van der Waals surface area contributed by atoms with Crippen LogP contribution in [-0.4, -0.2) is 29.6 Å². The van der Waals surface area contributed by atoms with E-state index < -0.39 is 0 Å². The third-order valence-electron chi connectivity index (χ3n) is 3.60. The highest BCUT2D eigenvalue weighted by molar-refractivity contribution is 5.01. The smallest absolute Gasteiger partial charge is 0.0304 e. The molecule has 2 saturated heterocycles. The van der Waals surface area contributed by atoms with Gasteiger partial charge >= 0.3 is 0 Å². The molecule has 0 aliphatic carbocycles. The maximum absolute atomic E-state index is 6.09. The number of piperidine rings is 1. The zero-order valence-electron chi connectivity index (χ0n) is 7.51. The van der Waals surface area contributed by atoms with Crippen LogP contribution in [0.2, 0.25) is 0 Å². The number of nitrogens with zero attached hydrogens (tertiary/aromatic N) is 1. The lowest BCUT2D eigenvalue weighted by Crippen LogP contribution is -2.58. The van der Waals surface area contributed by atoms with E-state index in [2.05, 4.69) is 18.7 Å². The normalized spacial score (nSPS) is 47.7. The molecule has 11 heavy (non-hydrogen) atoms. The topological polar surface area (TPSA) is 29.3 Å². The van der Waals surface area contributed by atoms with Gasteiger partial charge < -0.3 is 5.73 Å². The molecule has 2 unspecified atom stereocenters. The Bertz CT molecular complexity index is 165. The molecule has 2 nitrogen and oxygen atoms in total. The number of fused-ring (bicyclic) bond motifs is 2. The van der Waals surface area contributed by atoms with Crippen molar-refractivity contribution in [3.63, 3.8) is 0 Å². The van der Waals surface area contributed by atoms with Crippen LogP contribution in [0.5, 0.6) is 0 Å². The number of nitrogens with two attached hydrogens (primary N) is 1. The van der Waals surface area contributed by atoms with Gasteiger partial charge in [0, 0.05) is 18.1 Å². The van der Waals surface area contributed by atoms with Crippen LogP contribution in [-0.2, 0) is 0 Å². The quantitative estimate of drug-likeness (QED) is 0.559. The zero-order valence-corrected chi connectivity index (χ0v) is 7.51. The number of hydrogen-bond acceptors (Lipinski definition) is 2. The van der Waals surface area contributed by atoms with Crippen LogP contribution in [0.3, 0.4) is 0 Å². The maximum Gasteiger partial charge on any atom is 0.0304 e. The molecule has 0 spiro atoms. The molecular formula is C9H18N2. The summed E-state index contributed by atoms with van der Waals surface area (Å²) in [6, 6.07) is 0.392. The molecule has 64 valence electrons. The SMILES string of the molecule is CC1(C)[C@H](N)CC2CCN1C2. The average Bonchev–Trinajstić information content (AvgIpc) is 2.31. The second kappa shape index (κ2) is 2.20. The Labute approximate surface area is 68.7 Å². The van der Waals surface area contributed by atoms with E-state index in [1.54, 1.807) is 0 Å². The minimum absolute atomic E-state index is 0.257. The van der Waals surface area contributed by atoms with Gasteiger partial charge in [0.05, 0.1) is 0 Å². The van der Waals surface area contributed by atoms with Crippen LogP contribution in [0.25, 0.3) is 0 Å². The van der Waals surface area contributed by atoms with E-state index in [4.69, 9.17) is 5.73 Å². The highest BCUT2D eigenvalue weighted by Crippen LogP contribution is 2.36. The molecule has 3 atom stereocenters. The van der Waals surface area contributed by atoms with Crippen molar-refractivity contribution >= 4 is 0 Å². The first-order chi connectivity index (χ1) is 5.10. The van der Waals surface area contributed by atoms with Crippen molar-refractivity contribution in [2.45, 2.75) is 38.3 Å². The van der Waals surface area contributed by atoms with Crippen molar-refractivity contribution in [1.82, 2.24) is 4.90 Å². The van der Waals surface area contributed by atoms with Crippen LogP contribution < -0.4 is 5.73 Å². The van der Waals surface area contributed by atoms with Crippen LogP contribution in [0, 0.1) is 5.92 Å². The van der Waals surface area contributed by atoms with Gasteiger partial charge in [-0.1, -0.05) is 0 Å². The molecule has 0 aromatic heterocycles. The fraction of sp³-hybridized carbons (Fsp3) is 1.00. The van der Waals surface area contributed by atoms with Crippen LogP contribution in [0.4, 0.5) is 0 Å². The molecule has 2 fully saturated rings. The van der Waals surface area contributed by atoms with Crippen LogP contribution >= 0.6 is 0 Å². The van der Waals surface area contributed by atoms with Gasteiger partial charge in [0.2, 0.25) is 0 Å². The first-order valence-corrected chi connectivity index (χ1v) is 4.61. The van der Waals surface area contributed by atoms with Crippen LogP contribution in [0.15, 0.2) is 0 Å². The summed E-state index contributed by atoms with van der Waals surface area (Å²) in [4.78, 5) is 2.55. The van der Waals surface area contributed by atoms with Gasteiger partial charge in [-0.25, -0.2) is 0 Å². The lowest BCUT2D eigenvalue weighted by molar-refractivity contribution is 0.0818. The monoisotopic (exact) mass is 154 g/mol. The molecule has 2 rings (SSSR count). The summed E-state index contributed by atoms with van der Waals surface area (Å²) in [6.45, 7) is 7.12. The summed E-state index contributed by atoms with van der Waals surface area (Å²) in [6.07, 6.45) is 2.61. The predicted molar refractivity (Wildman–Crippen MR) is 46.4 cm³/mol. The van der Waals surface area contributed by atoms with Crippen molar-refractivity contribution in [3.8, 4) is 0 Å². The molecule has 2 heteroatoms. The summed E-state index contributed by atoms with van der Waals surface area (Å²) in [7, 11) is 0. The fourth-order valence-electron chi connectivity index (χ4n) is 2.43. The van der Waals surface area contributed by atoms with Gasteiger partial charge in [-0.05, 0) is 39.2 Å². The van der Waals surface area contributed by atoms with Gasteiger partial charge in [-0.3, -0.25) is 4.90 Å². The van der Waals surface area contributed by atoms with Crippen molar-refractivity contribution in [2.24, 2.45) is 11.7 Å². The summed E-state index contributed by atoms with van der Waals surface area (Å²) < 4.78 is 0. The Morgan fingerprint density at radius 3 is 2.91 bits per heavy atom. The predicted octanol–water partition coefficient (Wildman–Crippen LogP) is 0.818. The highest BCUT2D eigenvalue weighted by atomic mass is 15.2. The molecule has 0 aromatic rings. The Kier molecular flexibility index (Phi) is 1.52.